The Labute approximate surface area is 94.2 Å². The number of halogens is 1. The summed E-state index contributed by atoms with van der Waals surface area (Å²) in [4.78, 5) is 11.0. The minimum Gasteiger partial charge on any atom is -0.461 e. The summed E-state index contributed by atoms with van der Waals surface area (Å²) in [7, 11) is 0. The summed E-state index contributed by atoms with van der Waals surface area (Å²) in [6.07, 6.45) is -1.35. The Bertz CT molecular complexity index is 352. The number of esters is 1. The van der Waals surface area contributed by atoms with Gasteiger partial charge in [0, 0.05) is 0 Å². The van der Waals surface area contributed by atoms with Crippen molar-refractivity contribution in [3.05, 3.63) is 29.8 Å². The third kappa shape index (κ3) is 3.22. The second kappa shape index (κ2) is 6.10. The van der Waals surface area contributed by atoms with E-state index in [2.05, 4.69) is 4.74 Å². The standard InChI is InChI=1S/C12H15FO3/c1-3-9-7-5-6-8-10(9)16-11(13)12(14)15-4-2/h5-8,11H,3-4H2,1-2H3. The molecule has 1 aromatic rings. The highest BCUT2D eigenvalue weighted by molar-refractivity contribution is 5.73. The van der Waals surface area contributed by atoms with Gasteiger partial charge < -0.3 is 9.47 Å². The molecule has 0 fully saturated rings. The lowest BCUT2D eigenvalue weighted by atomic mass is 10.1. The summed E-state index contributed by atoms with van der Waals surface area (Å²) in [6.45, 7) is 3.68. The van der Waals surface area contributed by atoms with Crippen molar-refractivity contribution >= 4 is 5.97 Å². The van der Waals surface area contributed by atoms with Gasteiger partial charge >= 0.3 is 12.3 Å². The SMILES string of the molecule is CCOC(=O)C(F)Oc1ccccc1CC. The first-order valence-electron chi connectivity index (χ1n) is 5.24. The van der Waals surface area contributed by atoms with E-state index in [0.717, 1.165) is 5.56 Å². The molecule has 0 aliphatic heterocycles. The summed E-state index contributed by atoms with van der Waals surface area (Å²) in [6, 6.07) is 7.02. The maximum atomic E-state index is 13.3. The van der Waals surface area contributed by atoms with Gasteiger partial charge in [-0.25, -0.2) is 4.79 Å². The summed E-state index contributed by atoms with van der Waals surface area (Å²) < 4.78 is 22.7. The summed E-state index contributed by atoms with van der Waals surface area (Å²) in [5.41, 5.74) is 0.856. The lowest BCUT2D eigenvalue weighted by Gasteiger charge is -2.12. The van der Waals surface area contributed by atoms with Crippen LogP contribution in [0.5, 0.6) is 5.75 Å². The highest BCUT2D eigenvalue weighted by atomic mass is 19.1. The van der Waals surface area contributed by atoms with Crippen LogP contribution in [0, 0.1) is 0 Å². The predicted molar refractivity (Wildman–Crippen MR) is 58.0 cm³/mol. The number of ether oxygens (including phenoxy) is 2. The van der Waals surface area contributed by atoms with Crippen molar-refractivity contribution in [1.82, 2.24) is 0 Å². The van der Waals surface area contributed by atoms with Crippen molar-refractivity contribution in [3.8, 4) is 5.75 Å². The predicted octanol–water partition coefficient (Wildman–Crippen LogP) is 2.49. The minimum absolute atomic E-state index is 0.137. The van der Waals surface area contributed by atoms with E-state index in [1.54, 1.807) is 19.1 Å². The van der Waals surface area contributed by atoms with Crippen molar-refractivity contribution in [1.29, 1.82) is 0 Å². The Morgan fingerprint density at radius 2 is 2.06 bits per heavy atom. The quantitative estimate of drug-likeness (QED) is 0.723. The lowest BCUT2D eigenvalue weighted by Crippen LogP contribution is -2.25. The van der Waals surface area contributed by atoms with Gasteiger partial charge in [0.1, 0.15) is 5.75 Å². The first-order valence-corrected chi connectivity index (χ1v) is 5.24. The van der Waals surface area contributed by atoms with Crippen LogP contribution in [-0.4, -0.2) is 18.9 Å². The van der Waals surface area contributed by atoms with Crippen LogP contribution in [0.1, 0.15) is 19.4 Å². The van der Waals surface area contributed by atoms with Crippen LogP contribution in [0.15, 0.2) is 24.3 Å². The van der Waals surface area contributed by atoms with Crippen molar-refractivity contribution in [2.24, 2.45) is 0 Å². The zero-order valence-corrected chi connectivity index (χ0v) is 9.40. The fourth-order valence-corrected chi connectivity index (χ4v) is 1.28. The number of carbonyl (C=O) groups excluding carboxylic acids is 1. The van der Waals surface area contributed by atoms with Crippen LogP contribution in [-0.2, 0) is 16.0 Å². The van der Waals surface area contributed by atoms with Gasteiger partial charge in [-0.05, 0) is 25.0 Å². The first-order chi connectivity index (χ1) is 7.69. The average molecular weight is 226 g/mol. The number of hydrogen-bond acceptors (Lipinski definition) is 3. The normalized spacial score (nSPS) is 11.9. The van der Waals surface area contributed by atoms with Crippen LogP contribution < -0.4 is 4.74 Å². The summed E-state index contributed by atoms with van der Waals surface area (Å²) >= 11 is 0. The van der Waals surface area contributed by atoms with E-state index >= 15 is 0 Å². The van der Waals surface area contributed by atoms with E-state index in [4.69, 9.17) is 4.74 Å². The molecule has 16 heavy (non-hydrogen) atoms. The molecule has 0 bridgehead atoms. The maximum absolute atomic E-state index is 13.3. The van der Waals surface area contributed by atoms with Crippen molar-refractivity contribution in [2.45, 2.75) is 26.6 Å². The maximum Gasteiger partial charge on any atom is 0.381 e. The summed E-state index contributed by atoms with van der Waals surface area (Å²) in [5.74, 6) is -0.612. The molecule has 0 spiro atoms. The Kier molecular flexibility index (Phi) is 4.76. The molecular formula is C12H15FO3. The van der Waals surface area contributed by atoms with E-state index in [0.29, 0.717) is 12.2 Å². The highest BCUT2D eigenvalue weighted by Crippen LogP contribution is 2.20. The van der Waals surface area contributed by atoms with E-state index in [9.17, 15) is 9.18 Å². The Hall–Kier alpha value is -1.58. The molecule has 1 atom stereocenters. The molecule has 1 rings (SSSR count). The number of rotatable bonds is 5. The number of aryl methyl sites for hydroxylation is 1. The van der Waals surface area contributed by atoms with Gasteiger partial charge in [-0.1, -0.05) is 25.1 Å². The van der Waals surface area contributed by atoms with Crippen LogP contribution in [0.2, 0.25) is 0 Å². The molecule has 0 aliphatic carbocycles. The van der Waals surface area contributed by atoms with Crippen molar-refractivity contribution < 1.29 is 18.7 Å². The third-order valence-electron chi connectivity index (χ3n) is 2.06. The molecule has 1 aromatic carbocycles. The molecule has 0 amide bonds. The van der Waals surface area contributed by atoms with Gasteiger partial charge in [0.05, 0.1) is 6.61 Å². The number of hydrogen-bond donors (Lipinski definition) is 0. The number of carbonyl (C=O) groups is 1. The fourth-order valence-electron chi connectivity index (χ4n) is 1.28. The zero-order valence-electron chi connectivity index (χ0n) is 9.40. The van der Waals surface area contributed by atoms with Gasteiger partial charge in [-0.3, -0.25) is 0 Å². The van der Waals surface area contributed by atoms with E-state index in [1.807, 2.05) is 19.1 Å². The molecule has 0 heterocycles. The van der Waals surface area contributed by atoms with Crippen LogP contribution in [0.3, 0.4) is 0 Å². The molecule has 4 heteroatoms. The third-order valence-corrected chi connectivity index (χ3v) is 2.06. The smallest absolute Gasteiger partial charge is 0.381 e. The van der Waals surface area contributed by atoms with Gasteiger partial charge in [-0.15, -0.1) is 0 Å². The van der Waals surface area contributed by atoms with Crippen molar-refractivity contribution in [3.63, 3.8) is 0 Å². The van der Waals surface area contributed by atoms with E-state index in [1.165, 1.54) is 0 Å². The molecular weight excluding hydrogens is 211 g/mol. The Morgan fingerprint density at radius 1 is 1.38 bits per heavy atom. The van der Waals surface area contributed by atoms with E-state index in [-0.39, 0.29) is 6.61 Å². The fraction of sp³-hybridized carbons (Fsp3) is 0.417. The van der Waals surface area contributed by atoms with E-state index < -0.39 is 12.3 Å². The molecule has 0 N–H and O–H groups in total. The second-order valence-corrected chi connectivity index (χ2v) is 3.15. The Balaban J connectivity index is 2.68. The molecule has 0 aromatic heterocycles. The van der Waals surface area contributed by atoms with Gasteiger partial charge in [-0.2, -0.15) is 4.39 Å². The molecule has 88 valence electrons. The molecule has 0 aliphatic rings. The Morgan fingerprint density at radius 3 is 2.69 bits per heavy atom. The zero-order chi connectivity index (χ0) is 12.0. The average Bonchev–Trinajstić information content (AvgIpc) is 2.30. The van der Waals surface area contributed by atoms with Crippen LogP contribution in [0.4, 0.5) is 4.39 Å². The van der Waals surface area contributed by atoms with Crippen LogP contribution >= 0.6 is 0 Å². The first kappa shape index (κ1) is 12.5. The monoisotopic (exact) mass is 226 g/mol. The lowest BCUT2D eigenvalue weighted by molar-refractivity contribution is -0.159. The van der Waals surface area contributed by atoms with Gasteiger partial charge in [0.2, 0.25) is 0 Å². The highest BCUT2D eigenvalue weighted by Gasteiger charge is 2.21. The van der Waals surface area contributed by atoms with Crippen molar-refractivity contribution in [2.75, 3.05) is 6.61 Å². The number of benzene rings is 1. The number of alkyl halides is 1. The molecule has 0 radical (unpaired) electrons. The van der Waals surface area contributed by atoms with Gasteiger partial charge in [0.15, 0.2) is 0 Å². The molecule has 1 unspecified atom stereocenters. The largest absolute Gasteiger partial charge is 0.461 e. The molecule has 3 nitrogen and oxygen atoms in total. The number of para-hydroxylation sites is 1. The second-order valence-electron chi connectivity index (χ2n) is 3.15. The van der Waals surface area contributed by atoms with Gasteiger partial charge in [0.25, 0.3) is 0 Å². The topological polar surface area (TPSA) is 35.5 Å². The molecule has 0 saturated heterocycles. The van der Waals surface area contributed by atoms with Crippen LogP contribution in [0.25, 0.3) is 0 Å². The summed E-state index contributed by atoms with van der Waals surface area (Å²) in [5, 5.41) is 0. The molecule has 0 saturated carbocycles. The minimum atomic E-state index is -2.06.